The van der Waals surface area contributed by atoms with Crippen LogP contribution in [0.15, 0.2) is 199 Å². The van der Waals surface area contributed by atoms with Gasteiger partial charge in [0.25, 0.3) is 0 Å². The van der Waals surface area contributed by atoms with Crippen molar-refractivity contribution in [3.8, 4) is 62.1 Å². The molecule has 11 rings (SSSR count). The molecule has 3 heterocycles. The Balaban J connectivity index is 1.14. The molecule has 0 unspecified atom stereocenters. The first kappa shape index (κ1) is 31.9. The maximum Gasteiger partial charge on any atom is 0.238 e. The molecule has 0 amide bonds. The van der Waals surface area contributed by atoms with Gasteiger partial charge in [0, 0.05) is 32.7 Å². The van der Waals surface area contributed by atoms with Crippen LogP contribution >= 0.6 is 0 Å². The zero-order valence-electron chi connectivity index (χ0n) is 30.2. The maximum atomic E-state index is 6.48. The van der Waals surface area contributed by atoms with E-state index in [-0.39, 0.29) is 0 Å². The highest BCUT2D eigenvalue weighted by molar-refractivity contribution is 6.14. The van der Waals surface area contributed by atoms with Crippen LogP contribution in [0, 0.1) is 0 Å². The summed E-state index contributed by atoms with van der Waals surface area (Å²) < 4.78 is 8.67. The Morgan fingerprint density at radius 1 is 0.339 bits per heavy atom. The Labute approximate surface area is 322 Å². The second kappa shape index (κ2) is 13.0. The van der Waals surface area contributed by atoms with Crippen LogP contribution in [0.3, 0.4) is 0 Å². The number of hydrogen-bond acceptors (Lipinski definition) is 4. The van der Waals surface area contributed by atoms with E-state index in [1.807, 2.05) is 42.5 Å². The first-order valence-electron chi connectivity index (χ1n) is 18.8. The molecule has 0 bridgehead atoms. The summed E-state index contributed by atoms with van der Waals surface area (Å²) in [6, 6.07) is 67.4. The molecule has 0 radical (unpaired) electrons. The highest BCUT2D eigenvalue weighted by Gasteiger charge is 2.20. The molecular weight excluding hydrogens is 685 g/mol. The van der Waals surface area contributed by atoms with Crippen molar-refractivity contribution in [3.63, 3.8) is 0 Å². The average Bonchev–Trinajstić information content (AvgIpc) is 3.82. The largest absolute Gasteiger partial charge is 0.456 e. The average molecular weight is 717 g/mol. The van der Waals surface area contributed by atoms with Gasteiger partial charge in [-0.05, 0) is 69.8 Å². The molecule has 0 N–H and O–H groups in total. The van der Waals surface area contributed by atoms with E-state index in [4.69, 9.17) is 19.4 Å². The van der Waals surface area contributed by atoms with Gasteiger partial charge in [-0.2, -0.15) is 9.97 Å². The quantitative estimate of drug-likeness (QED) is 0.172. The van der Waals surface area contributed by atoms with Gasteiger partial charge in [0.15, 0.2) is 11.6 Å². The molecule has 0 atom stereocenters. The molecule has 5 nitrogen and oxygen atoms in total. The molecular formula is C51H32N4O. The highest BCUT2D eigenvalue weighted by Crippen LogP contribution is 2.41. The summed E-state index contributed by atoms with van der Waals surface area (Å²) in [6.45, 7) is 0. The van der Waals surface area contributed by atoms with E-state index in [1.54, 1.807) is 0 Å². The molecule has 0 fully saturated rings. The molecule has 0 aliphatic carbocycles. The molecule has 11 aromatic rings. The minimum Gasteiger partial charge on any atom is -0.456 e. The van der Waals surface area contributed by atoms with Crippen LogP contribution < -0.4 is 0 Å². The zero-order chi connectivity index (χ0) is 37.0. The van der Waals surface area contributed by atoms with Gasteiger partial charge in [-0.1, -0.05) is 158 Å². The SMILES string of the molecule is c1ccc(-c2cc(-c3cccc(-c4nc(-c5ccccc5)nc(-n5c6ccccc6c6ccc(-c7ccccc7)cc65)n4)c3)c3c(c2)oc2ccccc23)cc1. The lowest BCUT2D eigenvalue weighted by Gasteiger charge is -2.13. The number of aromatic nitrogens is 4. The molecule has 0 saturated heterocycles. The fraction of sp³-hybridized carbons (Fsp3) is 0. The number of hydrogen-bond donors (Lipinski definition) is 0. The monoisotopic (exact) mass is 716 g/mol. The van der Waals surface area contributed by atoms with Gasteiger partial charge < -0.3 is 4.42 Å². The van der Waals surface area contributed by atoms with Crippen LogP contribution in [0.1, 0.15) is 0 Å². The van der Waals surface area contributed by atoms with Crippen molar-refractivity contribution in [1.29, 1.82) is 0 Å². The smallest absolute Gasteiger partial charge is 0.238 e. The number of rotatable bonds is 6. The van der Waals surface area contributed by atoms with Crippen LogP contribution in [0.5, 0.6) is 0 Å². The summed E-state index contributed by atoms with van der Waals surface area (Å²) >= 11 is 0. The highest BCUT2D eigenvalue weighted by atomic mass is 16.3. The normalized spacial score (nSPS) is 11.6. The van der Waals surface area contributed by atoms with E-state index in [1.165, 1.54) is 0 Å². The molecule has 5 heteroatoms. The van der Waals surface area contributed by atoms with Crippen LogP contribution in [-0.4, -0.2) is 19.5 Å². The maximum absolute atomic E-state index is 6.48. The molecule has 0 saturated carbocycles. The number of furan rings is 1. The Morgan fingerprint density at radius 3 is 1.70 bits per heavy atom. The number of nitrogens with zero attached hydrogens (tertiary/aromatic N) is 4. The molecule has 8 aromatic carbocycles. The Kier molecular flexibility index (Phi) is 7.42. The van der Waals surface area contributed by atoms with Gasteiger partial charge in [0.05, 0.1) is 11.0 Å². The van der Waals surface area contributed by atoms with Gasteiger partial charge in [0.1, 0.15) is 11.2 Å². The van der Waals surface area contributed by atoms with E-state index < -0.39 is 0 Å². The van der Waals surface area contributed by atoms with Gasteiger partial charge in [-0.15, -0.1) is 0 Å². The lowest BCUT2D eigenvalue weighted by molar-refractivity contribution is 0.669. The molecule has 262 valence electrons. The van der Waals surface area contributed by atoms with Gasteiger partial charge in [0.2, 0.25) is 5.95 Å². The van der Waals surface area contributed by atoms with E-state index in [0.29, 0.717) is 17.6 Å². The molecule has 0 aliphatic heterocycles. The Hall–Kier alpha value is -7.63. The number of fused-ring (bicyclic) bond motifs is 6. The van der Waals surface area contributed by atoms with Crippen molar-refractivity contribution in [1.82, 2.24) is 19.5 Å². The molecule has 0 aliphatic rings. The second-order valence-corrected chi connectivity index (χ2v) is 14.0. The van der Waals surface area contributed by atoms with Crippen molar-refractivity contribution in [2.24, 2.45) is 0 Å². The summed E-state index contributed by atoms with van der Waals surface area (Å²) in [6.07, 6.45) is 0. The topological polar surface area (TPSA) is 56.7 Å². The van der Waals surface area contributed by atoms with Crippen LogP contribution in [0.4, 0.5) is 0 Å². The molecule has 3 aromatic heterocycles. The van der Waals surface area contributed by atoms with Gasteiger partial charge in [-0.3, -0.25) is 4.57 Å². The summed E-state index contributed by atoms with van der Waals surface area (Å²) in [7, 11) is 0. The van der Waals surface area contributed by atoms with Crippen molar-refractivity contribution in [2.75, 3.05) is 0 Å². The van der Waals surface area contributed by atoms with Crippen LogP contribution in [-0.2, 0) is 0 Å². The standard InChI is InChI=1S/C51H32N4O/c1-4-15-33(16-5-1)36-27-28-41-40-23-10-12-25-44(40)55(45(41)31-36)51-53-49(35-19-8-3-9-20-35)52-50(54-51)38-22-14-21-37(29-38)43-30-39(34-17-6-2-7-18-34)32-47-48(43)42-24-11-13-26-46(42)56-47/h1-32H. The van der Waals surface area contributed by atoms with E-state index >= 15 is 0 Å². The first-order chi connectivity index (χ1) is 27.7. The fourth-order valence-corrected chi connectivity index (χ4v) is 8.01. The molecule has 0 spiro atoms. The van der Waals surface area contributed by atoms with Crippen molar-refractivity contribution >= 4 is 43.7 Å². The van der Waals surface area contributed by atoms with E-state index in [0.717, 1.165) is 88.3 Å². The lowest BCUT2D eigenvalue weighted by Crippen LogP contribution is -2.06. The van der Waals surface area contributed by atoms with Crippen molar-refractivity contribution in [3.05, 3.63) is 194 Å². The first-order valence-corrected chi connectivity index (χ1v) is 18.8. The van der Waals surface area contributed by atoms with Gasteiger partial charge >= 0.3 is 0 Å². The van der Waals surface area contributed by atoms with Crippen molar-refractivity contribution < 1.29 is 4.42 Å². The Morgan fingerprint density at radius 2 is 0.929 bits per heavy atom. The van der Waals surface area contributed by atoms with Crippen molar-refractivity contribution in [2.45, 2.75) is 0 Å². The fourth-order valence-electron chi connectivity index (χ4n) is 8.01. The third-order valence-electron chi connectivity index (χ3n) is 10.7. The third-order valence-corrected chi connectivity index (χ3v) is 10.7. The number of benzene rings is 8. The predicted molar refractivity (Wildman–Crippen MR) is 229 cm³/mol. The summed E-state index contributed by atoms with van der Waals surface area (Å²) in [5, 5.41) is 4.44. The zero-order valence-corrected chi connectivity index (χ0v) is 30.2. The minimum atomic E-state index is 0.560. The number of para-hydroxylation sites is 2. The summed E-state index contributed by atoms with van der Waals surface area (Å²) in [4.78, 5) is 15.7. The minimum absolute atomic E-state index is 0.560. The summed E-state index contributed by atoms with van der Waals surface area (Å²) in [5.41, 5.74) is 12.2. The van der Waals surface area contributed by atoms with E-state index in [2.05, 4.69) is 156 Å². The summed E-state index contributed by atoms with van der Waals surface area (Å²) in [5.74, 6) is 1.76. The second-order valence-electron chi connectivity index (χ2n) is 14.0. The van der Waals surface area contributed by atoms with E-state index in [9.17, 15) is 0 Å². The lowest BCUT2D eigenvalue weighted by atomic mass is 9.93. The van der Waals surface area contributed by atoms with Crippen LogP contribution in [0.25, 0.3) is 106 Å². The third kappa shape index (κ3) is 5.37. The Bertz CT molecular complexity index is 3240. The predicted octanol–water partition coefficient (Wildman–Crippen LogP) is 13.2. The van der Waals surface area contributed by atoms with Gasteiger partial charge in [-0.25, -0.2) is 4.98 Å². The van der Waals surface area contributed by atoms with Crippen LogP contribution in [0.2, 0.25) is 0 Å². The molecule has 56 heavy (non-hydrogen) atoms.